The number of benzene rings is 1. The number of rotatable bonds is 6. The minimum atomic E-state index is -2.44. The molecule has 0 bridgehead atoms. The van der Waals surface area contributed by atoms with Crippen LogP contribution in [-0.4, -0.2) is 42.2 Å². The van der Waals surface area contributed by atoms with Crippen molar-refractivity contribution in [2.24, 2.45) is 0 Å². The van der Waals surface area contributed by atoms with Crippen LogP contribution in [0.15, 0.2) is 29.2 Å². The molecule has 2 rings (SSSR count). The first-order chi connectivity index (χ1) is 10.1. The normalized spacial score (nSPS) is 19.1. The molecule has 1 heterocycles. The van der Waals surface area contributed by atoms with Crippen LogP contribution in [0, 0.1) is 0 Å². The molecule has 0 spiro atoms. The van der Waals surface area contributed by atoms with Gasteiger partial charge in [0.05, 0.1) is 0 Å². The molecular weight excluding hydrogens is 294 g/mol. The predicted octanol–water partition coefficient (Wildman–Crippen LogP) is 3.22. The summed E-state index contributed by atoms with van der Waals surface area (Å²) in [5.74, 6) is -2.58. The third-order valence-electron chi connectivity index (χ3n) is 3.75. The maximum atomic E-state index is 12.2. The van der Waals surface area contributed by atoms with E-state index in [1.165, 1.54) is 6.42 Å². The second-order valence-electron chi connectivity index (χ2n) is 5.04. The smallest absolute Gasteiger partial charge is 0.288 e. The first kappa shape index (κ1) is 16.2. The van der Waals surface area contributed by atoms with Gasteiger partial charge in [0.2, 0.25) is 0 Å². The van der Waals surface area contributed by atoms with E-state index in [1.54, 1.807) is 24.3 Å². The van der Waals surface area contributed by atoms with Gasteiger partial charge in [-0.15, -0.1) is 0 Å². The van der Waals surface area contributed by atoms with Crippen LogP contribution >= 0.6 is 11.8 Å². The highest BCUT2D eigenvalue weighted by Gasteiger charge is 2.23. The first-order valence-corrected chi connectivity index (χ1v) is 8.05. The summed E-state index contributed by atoms with van der Waals surface area (Å²) >= 11 is 0.484. The number of likely N-dealkylation sites (tertiary alicyclic amines) is 1. The van der Waals surface area contributed by atoms with Crippen molar-refractivity contribution in [3.8, 4) is 0 Å². The minimum Gasteiger partial charge on any atom is -0.350 e. The van der Waals surface area contributed by atoms with Crippen LogP contribution in [0.4, 0.5) is 8.78 Å². The Morgan fingerprint density at radius 1 is 1.43 bits per heavy atom. The van der Waals surface area contributed by atoms with E-state index in [-0.39, 0.29) is 5.91 Å². The van der Waals surface area contributed by atoms with Crippen molar-refractivity contribution in [2.45, 2.75) is 36.5 Å². The number of halogens is 2. The van der Waals surface area contributed by atoms with E-state index in [2.05, 4.69) is 17.1 Å². The van der Waals surface area contributed by atoms with Gasteiger partial charge in [0, 0.05) is 23.0 Å². The lowest BCUT2D eigenvalue weighted by Gasteiger charge is -2.22. The molecule has 0 aromatic heterocycles. The fourth-order valence-electron chi connectivity index (χ4n) is 2.64. The standard InChI is InChI=1S/C15H20F2N2OS/c1-2-19-9-3-4-12(19)10-18-14(20)11-5-7-13(8-6-11)21-15(16)17/h5-8,12,15H,2-4,9-10H2,1H3,(H,18,20). The maximum absolute atomic E-state index is 12.2. The van der Waals surface area contributed by atoms with E-state index in [0.29, 0.717) is 34.8 Å². The van der Waals surface area contributed by atoms with Crippen molar-refractivity contribution in [1.82, 2.24) is 10.2 Å². The second kappa shape index (κ2) is 7.75. The predicted molar refractivity (Wildman–Crippen MR) is 80.9 cm³/mol. The van der Waals surface area contributed by atoms with E-state index < -0.39 is 5.76 Å². The third kappa shape index (κ3) is 4.68. The molecule has 6 heteroatoms. The Labute approximate surface area is 128 Å². The van der Waals surface area contributed by atoms with E-state index in [4.69, 9.17) is 0 Å². The lowest BCUT2D eigenvalue weighted by Crippen LogP contribution is -2.40. The van der Waals surface area contributed by atoms with Crippen LogP contribution in [0.1, 0.15) is 30.1 Å². The summed E-state index contributed by atoms with van der Waals surface area (Å²) in [4.78, 5) is 14.9. The van der Waals surface area contributed by atoms with Gasteiger partial charge < -0.3 is 5.32 Å². The van der Waals surface area contributed by atoms with Crippen LogP contribution in [0.3, 0.4) is 0 Å². The average Bonchev–Trinajstić information content (AvgIpc) is 2.92. The number of carbonyl (C=O) groups is 1. The molecule has 0 radical (unpaired) electrons. The summed E-state index contributed by atoms with van der Waals surface area (Å²) in [5, 5.41) is 2.93. The van der Waals surface area contributed by atoms with E-state index in [1.807, 2.05) is 0 Å². The second-order valence-corrected chi connectivity index (χ2v) is 6.10. The molecule has 116 valence electrons. The Balaban J connectivity index is 1.85. The highest BCUT2D eigenvalue weighted by Crippen LogP contribution is 2.25. The van der Waals surface area contributed by atoms with Crippen LogP contribution in [0.5, 0.6) is 0 Å². The lowest BCUT2D eigenvalue weighted by atomic mass is 10.2. The van der Waals surface area contributed by atoms with E-state index in [9.17, 15) is 13.6 Å². The van der Waals surface area contributed by atoms with Crippen molar-refractivity contribution < 1.29 is 13.6 Å². The molecule has 1 saturated heterocycles. The van der Waals surface area contributed by atoms with Gasteiger partial charge in [0.1, 0.15) is 0 Å². The molecule has 1 aliphatic rings. The average molecular weight is 314 g/mol. The van der Waals surface area contributed by atoms with Crippen LogP contribution < -0.4 is 5.32 Å². The van der Waals surface area contributed by atoms with Crippen molar-refractivity contribution >= 4 is 17.7 Å². The third-order valence-corrected chi connectivity index (χ3v) is 4.47. The van der Waals surface area contributed by atoms with Gasteiger partial charge >= 0.3 is 0 Å². The summed E-state index contributed by atoms with van der Waals surface area (Å²) in [6.07, 6.45) is 2.28. The van der Waals surface area contributed by atoms with Gasteiger partial charge in [-0.1, -0.05) is 18.7 Å². The number of amides is 1. The first-order valence-electron chi connectivity index (χ1n) is 7.17. The highest BCUT2D eigenvalue weighted by atomic mass is 32.2. The van der Waals surface area contributed by atoms with Gasteiger partial charge in [-0.2, -0.15) is 8.78 Å². The fourth-order valence-corrected chi connectivity index (χ4v) is 3.14. The van der Waals surface area contributed by atoms with Crippen molar-refractivity contribution in [3.05, 3.63) is 29.8 Å². The summed E-state index contributed by atoms with van der Waals surface area (Å²) in [6.45, 7) is 4.86. The number of nitrogens with zero attached hydrogens (tertiary/aromatic N) is 1. The zero-order valence-electron chi connectivity index (χ0n) is 12.0. The number of carbonyl (C=O) groups excluding carboxylic acids is 1. The monoisotopic (exact) mass is 314 g/mol. The Bertz CT molecular complexity index is 467. The fraction of sp³-hybridized carbons (Fsp3) is 0.533. The lowest BCUT2D eigenvalue weighted by molar-refractivity contribution is 0.0941. The van der Waals surface area contributed by atoms with Crippen LogP contribution in [0.2, 0.25) is 0 Å². The maximum Gasteiger partial charge on any atom is 0.288 e. The van der Waals surface area contributed by atoms with E-state index in [0.717, 1.165) is 19.5 Å². The molecule has 1 aromatic carbocycles. The molecular formula is C15H20F2N2OS. The number of likely N-dealkylation sites (N-methyl/N-ethyl adjacent to an activating group) is 1. The molecule has 21 heavy (non-hydrogen) atoms. The van der Waals surface area contributed by atoms with Gasteiger partial charge in [0.25, 0.3) is 11.7 Å². The topological polar surface area (TPSA) is 32.3 Å². The quantitative estimate of drug-likeness (QED) is 0.818. The Morgan fingerprint density at radius 2 is 2.14 bits per heavy atom. The summed E-state index contributed by atoms with van der Waals surface area (Å²) < 4.78 is 24.4. The van der Waals surface area contributed by atoms with Crippen molar-refractivity contribution in [1.29, 1.82) is 0 Å². The Kier molecular flexibility index (Phi) is 5.99. The molecule has 1 atom stereocenters. The largest absolute Gasteiger partial charge is 0.350 e. The van der Waals surface area contributed by atoms with Gasteiger partial charge in [-0.25, -0.2) is 0 Å². The summed E-state index contributed by atoms with van der Waals surface area (Å²) in [5.41, 5.74) is 0.509. The molecule has 1 aromatic rings. The minimum absolute atomic E-state index is 0.147. The van der Waals surface area contributed by atoms with Gasteiger partial charge in [0.15, 0.2) is 0 Å². The van der Waals surface area contributed by atoms with Crippen molar-refractivity contribution in [2.75, 3.05) is 19.6 Å². The molecule has 1 fully saturated rings. The van der Waals surface area contributed by atoms with Gasteiger partial charge in [-0.05, 0) is 50.2 Å². The molecule has 1 amide bonds. The molecule has 1 aliphatic heterocycles. The Hall–Kier alpha value is -1.14. The zero-order valence-corrected chi connectivity index (χ0v) is 12.8. The number of alkyl halides is 2. The van der Waals surface area contributed by atoms with Gasteiger partial charge in [-0.3, -0.25) is 9.69 Å². The molecule has 1 N–H and O–H groups in total. The zero-order chi connectivity index (χ0) is 15.2. The van der Waals surface area contributed by atoms with Crippen molar-refractivity contribution in [3.63, 3.8) is 0 Å². The van der Waals surface area contributed by atoms with Crippen LogP contribution in [0.25, 0.3) is 0 Å². The highest BCUT2D eigenvalue weighted by molar-refractivity contribution is 7.99. The molecule has 0 aliphatic carbocycles. The summed E-state index contributed by atoms with van der Waals surface area (Å²) in [6, 6.07) is 6.70. The molecule has 0 saturated carbocycles. The molecule has 3 nitrogen and oxygen atoms in total. The SMILES string of the molecule is CCN1CCCC1CNC(=O)c1ccc(SC(F)F)cc1. The number of hydrogen-bond donors (Lipinski definition) is 1. The van der Waals surface area contributed by atoms with Crippen LogP contribution in [-0.2, 0) is 0 Å². The number of thioether (sulfide) groups is 1. The Morgan fingerprint density at radius 3 is 2.76 bits per heavy atom. The molecule has 1 unspecified atom stereocenters. The number of hydrogen-bond acceptors (Lipinski definition) is 3. The number of nitrogens with one attached hydrogen (secondary N) is 1. The summed E-state index contributed by atoms with van der Waals surface area (Å²) in [7, 11) is 0. The van der Waals surface area contributed by atoms with E-state index >= 15 is 0 Å².